The zero-order chi connectivity index (χ0) is 19.1. The third-order valence-electron chi connectivity index (χ3n) is 4.08. The van der Waals surface area contributed by atoms with Crippen LogP contribution in [0.1, 0.15) is 12.5 Å². The summed E-state index contributed by atoms with van der Waals surface area (Å²) in [6, 6.07) is 9.60. The fourth-order valence-corrected chi connectivity index (χ4v) is 3.53. The van der Waals surface area contributed by atoms with E-state index in [9.17, 15) is 9.59 Å². The molecule has 27 heavy (non-hydrogen) atoms. The number of esters is 1. The molecule has 0 aromatic heterocycles. The highest BCUT2D eigenvalue weighted by Gasteiger charge is 2.32. The predicted octanol–water partition coefficient (Wildman–Crippen LogP) is 1.81. The van der Waals surface area contributed by atoms with E-state index in [2.05, 4.69) is 9.89 Å². The van der Waals surface area contributed by atoms with Crippen LogP contribution in [0.15, 0.2) is 41.0 Å². The first-order chi connectivity index (χ1) is 13.2. The molecule has 0 saturated carbocycles. The van der Waals surface area contributed by atoms with Crippen molar-refractivity contribution in [2.24, 2.45) is 4.99 Å². The summed E-state index contributed by atoms with van der Waals surface area (Å²) in [5.74, 6) is -0.348. The van der Waals surface area contributed by atoms with Crippen LogP contribution in [0.25, 0.3) is 6.08 Å². The van der Waals surface area contributed by atoms with Crippen LogP contribution in [0.5, 0.6) is 0 Å². The first-order valence-corrected chi connectivity index (χ1v) is 9.91. The van der Waals surface area contributed by atoms with E-state index in [-0.39, 0.29) is 17.6 Å². The summed E-state index contributed by atoms with van der Waals surface area (Å²) in [4.78, 5) is 32.9. The molecule has 1 saturated heterocycles. The van der Waals surface area contributed by atoms with Crippen molar-refractivity contribution < 1.29 is 19.1 Å². The van der Waals surface area contributed by atoms with Crippen molar-refractivity contribution >= 4 is 34.9 Å². The average Bonchev–Trinajstić information content (AvgIpc) is 2.97. The number of amidine groups is 1. The standard InChI is InChI=1S/C19H23N3O4S/c1-2-26-17(23)13-27-19-20-16(12-15-6-4-3-5-7-15)18(24)22(19)14-21-8-10-25-11-9-21/h3-7,12H,2,8-11,13-14H2,1H3/b16-12-. The van der Waals surface area contributed by atoms with E-state index in [0.29, 0.717) is 37.4 Å². The van der Waals surface area contributed by atoms with Crippen molar-refractivity contribution in [3.05, 3.63) is 41.6 Å². The van der Waals surface area contributed by atoms with Crippen molar-refractivity contribution in [3.8, 4) is 0 Å². The van der Waals surface area contributed by atoms with Crippen molar-refractivity contribution in [2.45, 2.75) is 6.92 Å². The van der Waals surface area contributed by atoms with Gasteiger partial charge in [0.05, 0.1) is 32.2 Å². The lowest BCUT2D eigenvalue weighted by Crippen LogP contribution is -2.46. The molecule has 1 aromatic carbocycles. The highest BCUT2D eigenvalue weighted by atomic mass is 32.2. The molecule has 0 aliphatic carbocycles. The molecule has 0 N–H and O–H groups in total. The van der Waals surface area contributed by atoms with Crippen LogP contribution in [0.2, 0.25) is 0 Å². The Labute approximate surface area is 163 Å². The average molecular weight is 389 g/mol. The molecule has 0 atom stereocenters. The molecule has 2 aliphatic heterocycles. The maximum atomic E-state index is 12.9. The maximum Gasteiger partial charge on any atom is 0.316 e. The SMILES string of the molecule is CCOC(=O)CSC1=N/C(=C\c2ccccc2)C(=O)N1CN1CCOCC1. The first kappa shape index (κ1) is 19.6. The van der Waals surface area contributed by atoms with Gasteiger partial charge >= 0.3 is 5.97 Å². The van der Waals surface area contributed by atoms with Crippen LogP contribution >= 0.6 is 11.8 Å². The third-order valence-corrected chi connectivity index (χ3v) is 5.03. The van der Waals surface area contributed by atoms with Gasteiger partial charge in [0.15, 0.2) is 5.17 Å². The van der Waals surface area contributed by atoms with E-state index in [1.807, 2.05) is 30.3 Å². The van der Waals surface area contributed by atoms with E-state index in [1.165, 1.54) is 11.8 Å². The van der Waals surface area contributed by atoms with E-state index >= 15 is 0 Å². The second-order valence-corrected chi connectivity index (χ2v) is 6.98. The highest BCUT2D eigenvalue weighted by molar-refractivity contribution is 8.14. The zero-order valence-electron chi connectivity index (χ0n) is 15.3. The molecule has 7 nitrogen and oxygen atoms in total. The smallest absolute Gasteiger partial charge is 0.316 e. The molecule has 144 valence electrons. The molecule has 2 aliphatic rings. The topological polar surface area (TPSA) is 71.4 Å². The second kappa shape index (κ2) is 9.68. The Morgan fingerprint density at radius 2 is 2.04 bits per heavy atom. The molecule has 0 bridgehead atoms. The number of thioether (sulfide) groups is 1. The minimum Gasteiger partial charge on any atom is -0.465 e. The second-order valence-electron chi connectivity index (χ2n) is 6.03. The van der Waals surface area contributed by atoms with Gasteiger partial charge in [0, 0.05) is 13.1 Å². The minimum absolute atomic E-state index is 0.123. The summed E-state index contributed by atoms with van der Waals surface area (Å²) in [5.41, 5.74) is 1.29. The van der Waals surface area contributed by atoms with Gasteiger partial charge in [-0.25, -0.2) is 4.99 Å². The first-order valence-electron chi connectivity index (χ1n) is 8.93. The van der Waals surface area contributed by atoms with Crippen LogP contribution in [-0.2, 0) is 19.1 Å². The zero-order valence-corrected chi connectivity index (χ0v) is 16.1. The van der Waals surface area contributed by atoms with Gasteiger partial charge in [0.25, 0.3) is 5.91 Å². The van der Waals surface area contributed by atoms with Crippen molar-refractivity contribution in [1.29, 1.82) is 0 Å². The van der Waals surface area contributed by atoms with Crippen molar-refractivity contribution in [2.75, 3.05) is 45.3 Å². The predicted molar refractivity (Wildman–Crippen MR) is 105 cm³/mol. The van der Waals surface area contributed by atoms with Crippen LogP contribution in [0.4, 0.5) is 0 Å². The molecule has 0 radical (unpaired) electrons. The largest absolute Gasteiger partial charge is 0.465 e. The molecule has 1 aromatic rings. The number of ether oxygens (including phenoxy) is 2. The van der Waals surface area contributed by atoms with Crippen LogP contribution in [-0.4, -0.2) is 72.2 Å². The fraction of sp³-hybridized carbons (Fsp3) is 0.421. The van der Waals surface area contributed by atoms with Gasteiger partial charge in [0.1, 0.15) is 5.70 Å². The molecular weight excluding hydrogens is 366 g/mol. The van der Waals surface area contributed by atoms with E-state index < -0.39 is 0 Å². The van der Waals surface area contributed by atoms with Gasteiger partial charge in [-0.05, 0) is 18.6 Å². The van der Waals surface area contributed by atoms with E-state index in [0.717, 1.165) is 18.7 Å². The number of benzene rings is 1. The Balaban J connectivity index is 1.76. The van der Waals surface area contributed by atoms with Crippen LogP contribution in [0, 0.1) is 0 Å². The van der Waals surface area contributed by atoms with E-state index in [4.69, 9.17) is 9.47 Å². The number of hydrogen-bond donors (Lipinski definition) is 0. The number of rotatable bonds is 6. The van der Waals surface area contributed by atoms with E-state index in [1.54, 1.807) is 17.9 Å². The molecule has 0 unspecified atom stereocenters. The number of carbonyl (C=O) groups excluding carboxylic acids is 2. The Morgan fingerprint density at radius 1 is 1.30 bits per heavy atom. The quantitative estimate of drug-likeness (QED) is 0.546. The molecule has 0 spiro atoms. The number of carbonyl (C=O) groups is 2. The summed E-state index contributed by atoms with van der Waals surface area (Å²) >= 11 is 1.23. The van der Waals surface area contributed by atoms with Gasteiger partial charge in [-0.2, -0.15) is 0 Å². The minimum atomic E-state index is -0.315. The van der Waals surface area contributed by atoms with Crippen molar-refractivity contribution in [1.82, 2.24) is 9.80 Å². The molecule has 1 amide bonds. The molecule has 1 fully saturated rings. The lowest BCUT2D eigenvalue weighted by molar-refractivity contribution is -0.139. The maximum absolute atomic E-state index is 12.9. The Kier molecular flexibility index (Phi) is 7.03. The lowest BCUT2D eigenvalue weighted by Gasteiger charge is -2.30. The van der Waals surface area contributed by atoms with Crippen molar-refractivity contribution in [3.63, 3.8) is 0 Å². The summed E-state index contributed by atoms with van der Waals surface area (Å²) in [5, 5.41) is 0.529. The third kappa shape index (κ3) is 5.41. The van der Waals surface area contributed by atoms with Crippen LogP contribution in [0.3, 0.4) is 0 Å². The number of aliphatic imine (C=N–C) groups is 1. The Bertz CT molecular complexity index is 730. The summed E-state index contributed by atoms with van der Waals surface area (Å²) in [7, 11) is 0. The highest BCUT2D eigenvalue weighted by Crippen LogP contribution is 2.24. The number of morpholine rings is 1. The lowest BCUT2D eigenvalue weighted by atomic mass is 10.2. The number of amides is 1. The molecule has 2 heterocycles. The summed E-state index contributed by atoms with van der Waals surface area (Å²) in [6.07, 6.45) is 1.77. The monoisotopic (exact) mass is 389 g/mol. The van der Waals surface area contributed by atoms with Gasteiger partial charge in [-0.1, -0.05) is 42.1 Å². The molecule has 3 rings (SSSR count). The molecular formula is C19H23N3O4S. The number of nitrogens with zero attached hydrogens (tertiary/aromatic N) is 3. The van der Waals surface area contributed by atoms with Gasteiger partial charge in [0.2, 0.25) is 0 Å². The van der Waals surface area contributed by atoms with Gasteiger partial charge in [-0.3, -0.25) is 19.4 Å². The number of hydrogen-bond acceptors (Lipinski definition) is 7. The summed E-state index contributed by atoms with van der Waals surface area (Å²) in [6.45, 7) is 5.36. The fourth-order valence-electron chi connectivity index (χ4n) is 2.74. The van der Waals surface area contributed by atoms with Gasteiger partial charge in [-0.15, -0.1) is 0 Å². The molecule has 8 heteroatoms. The van der Waals surface area contributed by atoms with Crippen LogP contribution < -0.4 is 0 Å². The summed E-state index contributed by atoms with van der Waals surface area (Å²) < 4.78 is 10.3. The van der Waals surface area contributed by atoms with Gasteiger partial charge < -0.3 is 9.47 Å². The normalized spacial score (nSPS) is 19.4. The Hall–Kier alpha value is -2.16. The Morgan fingerprint density at radius 3 is 2.74 bits per heavy atom.